The van der Waals surface area contributed by atoms with Crippen LogP contribution in [-0.4, -0.2) is 19.3 Å². The maximum absolute atomic E-state index is 12.3. The molecular formula is C21H18N4O. The van der Waals surface area contributed by atoms with Gasteiger partial charge in [-0.05, 0) is 19.1 Å². The van der Waals surface area contributed by atoms with E-state index in [1.165, 1.54) is 0 Å². The molecule has 0 saturated carbocycles. The second-order valence-corrected chi connectivity index (χ2v) is 6.15. The van der Waals surface area contributed by atoms with Gasteiger partial charge >= 0.3 is 0 Å². The Morgan fingerprint density at radius 1 is 0.962 bits per heavy atom. The van der Waals surface area contributed by atoms with Gasteiger partial charge < -0.3 is 0 Å². The van der Waals surface area contributed by atoms with Gasteiger partial charge in [0, 0.05) is 29.1 Å². The summed E-state index contributed by atoms with van der Waals surface area (Å²) in [6.07, 6.45) is 3.57. The Labute approximate surface area is 151 Å². The Morgan fingerprint density at radius 3 is 2.35 bits per heavy atom. The van der Waals surface area contributed by atoms with Crippen molar-refractivity contribution in [2.45, 2.75) is 13.5 Å². The first kappa shape index (κ1) is 16.0. The van der Waals surface area contributed by atoms with Gasteiger partial charge in [0.2, 0.25) is 0 Å². The number of nitrogens with zero attached hydrogens (tertiary/aromatic N) is 4. The Balaban J connectivity index is 1.81. The van der Waals surface area contributed by atoms with Crippen LogP contribution in [0.4, 0.5) is 0 Å². The lowest BCUT2D eigenvalue weighted by Gasteiger charge is -2.05. The average molecular weight is 342 g/mol. The summed E-state index contributed by atoms with van der Waals surface area (Å²) in [5, 5.41) is 4.77. The fourth-order valence-electron chi connectivity index (χ4n) is 2.90. The molecule has 0 aliphatic rings. The number of benzene rings is 2. The quantitative estimate of drug-likeness (QED) is 0.571. The zero-order chi connectivity index (χ0) is 17.9. The molecule has 128 valence electrons. The van der Waals surface area contributed by atoms with Gasteiger partial charge in [0.05, 0.1) is 24.3 Å². The lowest BCUT2D eigenvalue weighted by molar-refractivity contribution is 0.730. The number of rotatable bonds is 4. The number of para-hydroxylation sites is 1. The Morgan fingerprint density at radius 2 is 1.65 bits per heavy atom. The maximum Gasteiger partial charge on any atom is 0.253 e. The molecule has 5 nitrogen and oxygen atoms in total. The lowest BCUT2D eigenvalue weighted by atomic mass is 10.1. The van der Waals surface area contributed by atoms with E-state index >= 15 is 0 Å². The SMILES string of the molecule is Cc1cc(=O)n(Cc2cn(-c3ccccc3)nc2-c2ccccc2)cn1. The number of hydrogen-bond acceptors (Lipinski definition) is 3. The molecule has 2 aromatic heterocycles. The lowest BCUT2D eigenvalue weighted by Crippen LogP contribution is -2.20. The zero-order valence-electron chi connectivity index (χ0n) is 14.4. The highest BCUT2D eigenvalue weighted by Gasteiger charge is 2.13. The molecule has 5 heteroatoms. The van der Waals surface area contributed by atoms with Crippen molar-refractivity contribution in [3.05, 3.63) is 101 Å². The topological polar surface area (TPSA) is 52.7 Å². The van der Waals surface area contributed by atoms with Crippen molar-refractivity contribution in [1.29, 1.82) is 0 Å². The molecule has 0 aliphatic carbocycles. The second-order valence-electron chi connectivity index (χ2n) is 6.15. The van der Waals surface area contributed by atoms with Crippen molar-refractivity contribution >= 4 is 0 Å². The zero-order valence-corrected chi connectivity index (χ0v) is 14.4. The van der Waals surface area contributed by atoms with E-state index in [-0.39, 0.29) is 5.56 Å². The second kappa shape index (κ2) is 6.80. The first-order valence-electron chi connectivity index (χ1n) is 8.43. The minimum absolute atomic E-state index is 0.0658. The van der Waals surface area contributed by atoms with Crippen LogP contribution in [0.2, 0.25) is 0 Å². The third kappa shape index (κ3) is 3.19. The Kier molecular flexibility index (Phi) is 4.19. The molecule has 4 rings (SSSR count). The fraction of sp³-hybridized carbons (Fsp3) is 0.0952. The molecule has 0 saturated heterocycles. The molecule has 0 aliphatic heterocycles. The first-order valence-corrected chi connectivity index (χ1v) is 8.43. The Bertz CT molecular complexity index is 1080. The molecule has 0 atom stereocenters. The molecule has 0 amide bonds. The molecule has 2 aromatic carbocycles. The van der Waals surface area contributed by atoms with E-state index in [4.69, 9.17) is 5.10 Å². The monoisotopic (exact) mass is 342 g/mol. The summed E-state index contributed by atoms with van der Waals surface area (Å²) >= 11 is 0. The third-order valence-electron chi connectivity index (χ3n) is 4.21. The van der Waals surface area contributed by atoms with Gasteiger partial charge in [0.1, 0.15) is 0 Å². The first-order chi connectivity index (χ1) is 12.7. The summed E-state index contributed by atoms with van der Waals surface area (Å²) < 4.78 is 3.45. The normalized spacial score (nSPS) is 10.8. The van der Waals surface area contributed by atoms with Crippen LogP contribution in [0.5, 0.6) is 0 Å². The van der Waals surface area contributed by atoms with E-state index in [2.05, 4.69) is 4.98 Å². The van der Waals surface area contributed by atoms with Crippen LogP contribution in [0, 0.1) is 6.92 Å². The van der Waals surface area contributed by atoms with Crippen LogP contribution >= 0.6 is 0 Å². The van der Waals surface area contributed by atoms with Crippen LogP contribution in [-0.2, 0) is 6.54 Å². The van der Waals surface area contributed by atoms with Crippen molar-refractivity contribution in [1.82, 2.24) is 19.3 Å². The summed E-state index contributed by atoms with van der Waals surface area (Å²) in [4.78, 5) is 16.5. The van der Waals surface area contributed by atoms with E-state index in [9.17, 15) is 4.79 Å². The summed E-state index contributed by atoms with van der Waals surface area (Å²) in [6, 6.07) is 21.5. The highest BCUT2D eigenvalue weighted by Crippen LogP contribution is 2.24. The van der Waals surface area contributed by atoms with Gasteiger partial charge in [-0.1, -0.05) is 48.5 Å². The molecule has 0 unspecified atom stereocenters. The Hall–Kier alpha value is -3.47. The fourth-order valence-corrected chi connectivity index (χ4v) is 2.90. The van der Waals surface area contributed by atoms with E-state index in [1.807, 2.05) is 78.5 Å². The predicted molar refractivity (Wildman–Crippen MR) is 101 cm³/mol. The molecule has 0 radical (unpaired) electrons. The molecule has 2 heterocycles. The summed E-state index contributed by atoms with van der Waals surface area (Å²) in [5.74, 6) is 0. The van der Waals surface area contributed by atoms with Crippen LogP contribution in [0.3, 0.4) is 0 Å². The minimum atomic E-state index is -0.0658. The van der Waals surface area contributed by atoms with Crippen molar-refractivity contribution in [2.75, 3.05) is 0 Å². The molecule has 0 spiro atoms. The smallest absolute Gasteiger partial charge is 0.253 e. The van der Waals surface area contributed by atoms with Gasteiger partial charge in [-0.15, -0.1) is 0 Å². The number of hydrogen-bond donors (Lipinski definition) is 0. The molecular weight excluding hydrogens is 324 g/mol. The van der Waals surface area contributed by atoms with Crippen LogP contribution < -0.4 is 5.56 Å². The van der Waals surface area contributed by atoms with Crippen LogP contribution in [0.15, 0.2) is 84.0 Å². The highest BCUT2D eigenvalue weighted by atomic mass is 16.1. The molecule has 4 aromatic rings. The summed E-state index contributed by atoms with van der Waals surface area (Å²) in [7, 11) is 0. The minimum Gasteiger partial charge on any atom is -0.295 e. The largest absolute Gasteiger partial charge is 0.295 e. The van der Waals surface area contributed by atoms with Crippen molar-refractivity contribution in [3.8, 4) is 16.9 Å². The van der Waals surface area contributed by atoms with Gasteiger partial charge in [0.25, 0.3) is 5.56 Å². The number of aromatic nitrogens is 4. The standard InChI is InChI=1S/C21H18N4O/c1-16-12-20(26)24(15-22-16)13-18-14-25(19-10-6-3-7-11-19)23-21(18)17-8-4-2-5-9-17/h2-12,14-15H,13H2,1H3. The van der Waals surface area contributed by atoms with E-state index in [1.54, 1.807) is 17.0 Å². The van der Waals surface area contributed by atoms with E-state index in [0.717, 1.165) is 28.2 Å². The van der Waals surface area contributed by atoms with Crippen LogP contribution in [0.25, 0.3) is 16.9 Å². The predicted octanol–water partition coefficient (Wildman–Crippen LogP) is 3.45. The van der Waals surface area contributed by atoms with Gasteiger partial charge in [-0.2, -0.15) is 5.10 Å². The third-order valence-corrected chi connectivity index (χ3v) is 4.21. The van der Waals surface area contributed by atoms with E-state index < -0.39 is 0 Å². The molecule has 0 fully saturated rings. The van der Waals surface area contributed by atoms with Gasteiger partial charge in [-0.25, -0.2) is 9.67 Å². The molecule has 0 N–H and O–H groups in total. The van der Waals surface area contributed by atoms with Gasteiger partial charge in [-0.3, -0.25) is 9.36 Å². The van der Waals surface area contributed by atoms with Crippen molar-refractivity contribution in [2.24, 2.45) is 0 Å². The number of aryl methyl sites for hydroxylation is 1. The van der Waals surface area contributed by atoms with Gasteiger partial charge in [0.15, 0.2) is 0 Å². The highest BCUT2D eigenvalue weighted by molar-refractivity contribution is 5.63. The average Bonchev–Trinajstić information content (AvgIpc) is 3.09. The van der Waals surface area contributed by atoms with E-state index in [0.29, 0.717) is 6.54 Å². The van der Waals surface area contributed by atoms with Crippen molar-refractivity contribution < 1.29 is 0 Å². The summed E-state index contributed by atoms with van der Waals surface area (Å²) in [5.41, 5.74) is 4.48. The molecule has 0 bridgehead atoms. The molecule has 26 heavy (non-hydrogen) atoms. The van der Waals surface area contributed by atoms with Crippen LogP contribution in [0.1, 0.15) is 11.3 Å². The summed E-state index contributed by atoms with van der Waals surface area (Å²) in [6.45, 7) is 2.23. The van der Waals surface area contributed by atoms with Crippen molar-refractivity contribution in [3.63, 3.8) is 0 Å². The maximum atomic E-state index is 12.3.